The minimum Gasteiger partial charge on any atom is -0.336 e. The first kappa shape index (κ1) is 17.0. The van der Waals surface area contributed by atoms with Crippen molar-refractivity contribution in [2.45, 2.75) is 37.8 Å². The Labute approximate surface area is 146 Å². The molecular weight excluding hydrogens is 314 g/mol. The average Bonchev–Trinajstić information content (AvgIpc) is 2.88. The van der Waals surface area contributed by atoms with Crippen LogP contribution in [0, 0.1) is 50.7 Å². The van der Waals surface area contributed by atoms with Crippen LogP contribution in [0.2, 0.25) is 0 Å². The van der Waals surface area contributed by atoms with Gasteiger partial charge in [0.25, 0.3) is 0 Å². The molecule has 6 nitrogen and oxygen atoms in total. The van der Waals surface area contributed by atoms with Gasteiger partial charge < -0.3 is 11.1 Å². The lowest BCUT2D eigenvalue weighted by Crippen LogP contribution is -2.62. The van der Waals surface area contributed by atoms with E-state index in [1.54, 1.807) is 0 Å². The third-order valence-corrected chi connectivity index (χ3v) is 5.80. The first-order valence-electron chi connectivity index (χ1n) is 8.35. The highest BCUT2D eigenvalue weighted by Crippen LogP contribution is 2.64. The van der Waals surface area contributed by atoms with Crippen molar-refractivity contribution in [2.24, 2.45) is 22.5 Å². The number of hydrogen-bond donors (Lipinski definition) is 2. The lowest BCUT2D eigenvalue weighted by atomic mass is 9.47. The highest BCUT2D eigenvalue weighted by Gasteiger charge is 2.76. The predicted molar refractivity (Wildman–Crippen MR) is 89.0 cm³/mol. The molecule has 1 amide bonds. The number of benzene rings is 1. The molecule has 2 fully saturated rings. The first-order chi connectivity index (χ1) is 11.9. The molecule has 1 aromatic rings. The summed E-state index contributed by atoms with van der Waals surface area (Å²) in [5, 5.41) is 32.7. The molecule has 1 saturated heterocycles. The minimum atomic E-state index is -1.79. The van der Waals surface area contributed by atoms with E-state index < -0.39 is 28.3 Å². The highest BCUT2D eigenvalue weighted by atomic mass is 16.2. The fraction of sp³-hybridized carbons (Fsp3) is 0.474. The van der Waals surface area contributed by atoms with Crippen LogP contribution in [0.4, 0.5) is 0 Å². The Bertz CT molecular complexity index is 816. The molecule has 2 bridgehead atoms. The molecule has 6 heteroatoms. The van der Waals surface area contributed by atoms with Crippen molar-refractivity contribution in [3.63, 3.8) is 0 Å². The van der Waals surface area contributed by atoms with Gasteiger partial charge in [0.1, 0.15) is 0 Å². The molecule has 1 aromatic carbocycles. The molecule has 1 aliphatic heterocycles. The van der Waals surface area contributed by atoms with Crippen LogP contribution in [0.15, 0.2) is 30.3 Å². The number of nitrogens with two attached hydrogens (primary N) is 1. The molecule has 1 aliphatic carbocycles. The second kappa shape index (κ2) is 5.59. The quantitative estimate of drug-likeness (QED) is 0.873. The van der Waals surface area contributed by atoms with Crippen molar-refractivity contribution >= 4 is 5.91 Å². The van der Waals surface area contributed by atoms with E-state index in [1.165, 1.54) is 0 Å². The number of fused-ring (bicyclic) bond motifs is 2. The molecule has 0 aromatic heterocycles. The first-order valence-corrected chi connectivity index (χ1v) is 8.35. The van der Waals surface area contributed by atoms with E-state index in [1.807, 2.05) is 43.3 Å². The fourth-order valence-electron chi connectivity index (χ4n) is 4.70. The summed E-state index contributed by atoms with van der Waals surface area (Å²) in [5.74, 6) is -1.55. The molecule has 126 valence electrons. The summed E-state index contributed by atoms with van der Waals surface area (Å²) in [7, 11) is 0. The van der Waals surface area contributed by atoms with Crippen LogP contribution in [0.3, 0.4) is 0 Å². The van der Waals surface area contributed by atoms with Crippen LogP contribution in [-0.2, 0) is 4.79 Å². The van der Waals surface area contributed by atoms with Gasteiger partial charge in [-0.05, 0) is 12.0 Å². The molecule has 2 aliphatic rings. The van der Waals surface area contributed by atoms with Gasteiger partial charge in [0, 0.05) is 18.3 Å². The Morgan fingerprint density at radius 1 is 1.20 bits per heavy atom. The summed E-state index contributed by atoms with van der Waals surface area (Å²) in [4.78, 5) is 12.8. The lowest BCUT2D eigenvalue weighted by molar-refractivity contribution is -0.128. The van der Waals surface area contributed by atoms with Gasteiger partial charge in [-0.2, -0.15) is 15.8 Å². The second-order valence-corrected chi connectivity index (χ2v) is 7.00. The smallest absolute Gasteiger partial charge is 0.244 e. The molecule has 0 unspecified atom stereocenters. The third kappa shape index (κ3) is 1.94. The summed E-state index contributed by atoms with van der Waals surface area (Å²) in [6, 6.07) is 15.3. The number of carbonyl (C=O) groups is 1. The highest BCUT2D eigenvalue weighted by molar-refractivity contribution is 5.92. The van der Waals surface area contributed by atoms with Crippen LogP contribution in [0.5, 0.6) is 0 Å². The molecule has 3 rings (SSSR count). The second-order valence-electron chi connectivity index (χ2n) is 7.00. The van der Waals surface area contributed by atoms with E-state index in [-0.39, 0.29) is 12.3 Å². The summed E-state index contributed by atoms with van der Waals surface area (Å²) in [6.07, 6.45) is 1.41. The number of amides is 1. The molecule has 4 atom stereocenters. The number of carbonyl (C=O) groups excluding carboxylic acids is 1. The third-order valence-electron chi connectivity index (χ3n) is 5.80. The zero-order chi connectivity index (χ0) is 18.3. The van der Waals surface area contributed by atoms with Crippen molar-refractivity contribution in [3.8, 4) is 18.2 Å². The maximum atomic E-state index is 12.8. The molecule has 0 spiro atoms. The van der Waals surface area contributed by atoms with Gasteiger partial charge in [-0.1, -0.05) is 43.7 Å². The Hall–Kier alpha value is -2.88. The Kier molecular flexibility index (Phi) is 3.79. The standard InChI is InChI=1S/C19H19N5O/c1-2-6-14-15(13-7-4-3-5-8-13)18(11-21,12-22)17(10-20)9-19(14,23)24-16(17)25/h3-5,7-8,14-15H,2,6,9,23H2,1H3,(H,24,25)/t14-,15+,17-,19-/m1/s1. The summed E-state index contributed by atoms with van der Waals surface area (Å²) >= 11 is 0. The van der Waals surface area contributed by atoms with Gasteiger partial charge in [0.2, 0.25) is 5.91 Å². The summed E-state index contributed by atoms with van der Waals surface area (Å²) < 4.78 is 0. The van der Waals surface area contributed by atoms with E-state index in [2.05, 4.69) is 17.5 Å². The fourth-order valence-corrected chi connectivity index (χ4v) is 4.70. The molecule has 25 heavy (non-hydrogen) atoms. The molecule has 3 N–H and O–H groups in total. The molecular formula is C19H19N5O. The zero-order valence-corrected chi connectivity index (χ0v) is 14.0. The van der Waals surface area contributed by atoms with Crippen molar-refractivity contribution < 1.29 is 4.79 Å². The SMILES string of the molecule is CCC[C@@H]1[C@H](c2ccccc2)C(C#N)(C#N)[C@@]2(C#N)C[C@@]1(N)NC2=O. The maximum Gasteiger partial charge on any atom is 0.244 e. The average molecular weight is 333 g/mol. The van der Waals surface area contributed by atoms with E-state index >= 15 is 0 Å². The van der Waals surface area contributed by atoms with Crippen LogP contribution in [0.25, 0.3) is 0 Å². The van der Waals surface area contributed by atoms with Gasteiger partial charge in [-0.25, -0.2) is 0 Å². The van der Waals surface area contributed by atoms with E-state index in [0.29, 0.717) is 6.42 Å². The van der Waals surface area contributed by atoms with E-state index in [4.69, 9.17) is 5.73 Å². The number of nitrogens with zero attached hydrogens (tertiary/aromatic N) is 3. The van der Waals surface area contributed by atoms with Crippen LogP contribution in [-0.4, -0.2) is 11.6 Å². The zero-order valence-electron chi connectivity index (χ0n) is 14.0. The number of rotatable bonds is 3. The van der Waals surface area contributed by atoms with Gasteiger partial charge in [-0.3, -0.25) is 4.79 Å². The van der Waals surface area contributed by atoms with Crippen molar-refractivity contribution in [1.29, 1.82) is 15.8 Å². The van der Waals surface area contributed by atoms with Crippen molar-refractivity contribution in [2.75, 3.05) is 0 Å². The van der Waals surface area contributed by atoms with Gasteiger partial charge >= 0.3 is 0 Å². The van der Waals surface area contributed by atoms with Crippen molar-refractivity contribution in [3.05, 3.63) is 35.9 Å². The monoisotopic (exact) mass is 333 g/mol. The Morgan fingerprint density at radius 3 is 2.36 bits per heavy atom. The number of hydrogen-bond acceptors (Lipinski definition) is 5. The van der Waals surface area contributed by atoms with Crippen LogP contribution < -0.4 is 11.1 Å². The van der Waals surface area contributed by atoms with Gasteiger partial charge in [0.15, 0.2) is 10.8 Å². The number of nitrogens with one attached hydrogen (secondary N) is 1. The topological polar surface area (TPSA) is 126 Å². The summed E-state index contributed by atoms with van der Waals surface area (Å²) in [6.45, 7) is 1.99. The normalized spacial score (nSPS) is 35.1. The predicted octanol–water partition coefficient (Wildman–Crippen LogP) is 1.92. The summed E-state index contributed by atoms with van der Waals surface area (Å²) in [5.41, 5.74) is 2.65. The molecule has 1 heterocycles. The van der Waals surface area contributed by atoms with Crippen LogP contribution in [0.1, 0.15) is 37.7 Å². The lowest BCUT2D eigenvalue weighted by Gasteiger charge is -2.50. The van der Waals surface area contributed by atoms with Crippen molar-refractivity contribution in [1.82, 2.24) is 5.32 Å². The molecule has 1 saturated carbocycles. The van der Waals surface area contributed by atoms with Crippen LogP contribution >= 0.6 is 0 Å². The Balaban J connectivity index is 2.35. The Morgan fingerprint density at radius 2 is 1.84 bits per heavy atom. The largest absolute Gasteiger partial charge is 0.336 e. The van der Waals surface area contributed by atoms with E-state index in [0.717, 1.165) is 12.0 Å². The minimum absolute atomic E-state index is 0.0234. The number of nitriles is 3. The van der Waals surface area contributed by atoms with Gasteiger partial charge in [-0.15, -0.1) is 0 Å². The maximum absolute atomic E-state index is 12.8. The molecule has 0 radical (unpaired) electrons. The van der Waals surface area contributed by atoms with Gasteiger partial charge in [0.05, 0.1) is 23.9 Å². The van der Waals surface area contributed by atoms with E-state index in [9.17, 15) is 20.6 Å².